The number of aliphatic hydroxyl groups excluding tert-OH is 1. The van der Waals surface area contributed by atoms with Crippen molar-refractivity contribution in [2.75, 3.05) is 27.2 Å². The summed E-state index contributed by atoms with van der Waals surface area (Å²) in [6, 6.07) is 18.0. The molecule has 0 aliphatic rings. The molecule has 0 radical (unpaired) electrons. The number of aliphatic hydroxyl groups is 1. The van der Waals surface area contributed by atoms with Gasteiger partial charge >= 0.3 is 0 Å². The van der Waals surface area contributed by atoms with Gasteiger partial charge in [-0.2, -0.15) is 0 Å². The molecule has 112 valence electrons. The van der Waals surface area contributed by atoms with Crippen LogP contribution in [-0.4, -0.2) is 37.3 Å². The van der Waals surface area contributed by atoms with Crippen molar-refractivity contribution >= 4 is 0 Å². The van der Waals surface area contributed by atoms with E-state index in [0.717, 1.165) is 24.3 Å². The van der Waals surface area contributed by atoms with Gasteiger partial charge in [-0.05, 0) is 25.1 Å². The molecule has 0 bridgehead atoms. The summed E-state index contributed by atoms with van der Waals surface area (Å²) < 4.78 is 5.30. The Balaban J connectivity index is 1.88. The third-order valence-corrected chi connectivity index (χ3v) is 3.61. The van der Waals surface area contributed by atoms with Crippen LogP contribution in [0.5, 0.6) is 5.75 Å². The Bertz CT molecular complexity index is 542. The van der Waals surface area contributed by atoms with Crippen LogP contribution in [0.3, 0.4) is 0 Å². The van der Waals surface area contributed by atoms with E-state index in [4.69, 9.17) is 4.74 Å². The SMILES string of the molecule is COc1ccccc1C(O)CN(C)CCc1ccccc1. The lowest BCUT2D eigenvalue weighted by Gasteiger charge is -2.22. The number of benzene rings is 2. The van der Waals surface area contributed by atoms with Crippen LogP contribution in [0, 0.1) is 0 Å². The first kappa shape index (κ1) is 15.5. The average molecular weight is 285 g/mol. The second-order valence-corrected chi connectivity index (χ2v) is 5.26. The highest BCUT2D eigenvalue weighted by atomic mass is 16.5. The Morgan fingerprint density at radius 1 is 1.05 bits per heavy atom. The highest BCUT2D eigenvalue weighted by molar-refractivity contribution is 5.35. The molecule has 2 aromatic rings. The molecule has 3 nitrogen and oxygen atoms in total. The van der Waals surface area contributed by atoms with Gasteiger partial charge in [-0.3, -0.25) is 0 Å². The summed E-state index contributed by atoms with van der Waals surface area (Å²) in [5.74, 6) is 0.737. The number of hydrogen-bond acceptors (Lipinski definition) is 3. The van der Waals surface area contributed by atoms with E-state index in [9.17, 15) is 5.11 Å². The number of methoxy groups -OCH3 is 1. The summed E-state index contributed by atoms with van der Waals surface area (Å²) in [6.07, 6.45) is 0.442. The topological polar surface area (TPSA) is 32.7 Å². The molecule has 21 heavy (non-hydrogen) atoms. The largest absolute Gasteiger partial charge is 0.496 e. The van der Waals surface area contributed by atoms with Gasteiger partial charge in [0.15, 0.2) is 0 Å². The summed E-state index contributed by atoms with van der Waals surface area (Å²) in [4.78, 5) is 2.14. The third-order valence-electron chi connectivity index (χ3n) is 3.61. The fourth-order valence-electron chi connectivity index (χ4n) is 2.39. The van der Waals surface area contributed by atoms with Crippen LogP contribution in [0.25, 0.3) is 0 Å². The zero-order chi connectivity index (χ0) is 15.1. The molecule has 1 N–H and O–H groups in total. The maximum absolute atomic E-state index is 10.4. The van der Waals surface area contributed by atoms with Crippen LogP contribution >= 0.6 is 0 Å². The molecule has 0 aliphatic carbocycles. The smallest absolute Gasteiger partial charge is 0.124 e. The van der Waals surface area contributed by atoms with Gasteiger partial charge in [-0.15, -0.1) is 0 Å². The van der Waals surface area contributed by atoms with Crippen molar-refractivity contribution in [2.45, 2.75) is 12.5 Å². The number of likely N-dealkylation sites (N-methyl/N-ethyl adjacent to an activating group) is 1. The van der Waals surface area contributed by atoms with Crippen molar-refractivity contribution in [3.63, 3.8) is 0 Å². The fourth-order valence-corrected chi connectivity index (χ4v) is 2.39. The molecule has 2 aromatic carbocycles. The Morgan fingerprint density at radius 2 is 1.71 bits per heavy atom. The normalized spacial score (nSPS) is 12.4. The maximum atomic E-state index is 10.4. The first-order chi connectivity index (χ1) is 10.2. The molecule has 0 aromatic heterocycles. The van der Waals surface area contributed by atoms with Crippen LogP contribution < -0.4 is 4.74 Å². The second kappa shape index (κ2) is 7.81. The van der Waals surface area contributed by atoms with Gasteiger partial charge in [0.1, 0.15) is 5.75 Å². The van der Waals surface area contributed by atoms with Crippen LogP contribution in [0.2, 0.25) is 0 Å². The molecule has 2 rings (SSSR count). The lowest BCUT2D eigenvalue weighted by molar-refractivity contribution is 0.124. The zero-order valence-corrected chi connectivity index (χ0v) is 12.7. The quantitative estimate of drug-likeness (QED) is 0.849. The molecule has 0 spiro atoms. The standard InChI is InChI=1S/C18H23NO2/c1-19(13-12-15-8-4-3-5-9-15)14-17(20)16-10-6-7-11-18(16)21-2/h3-11,17,20H,12-14H2,1-2H3. The molecule has 0 fully saturated rings. The van der Waals surface area contributed by atoms with Crippen LogP contribution in [0.15, 0.2) is 54.6 Å². The van der Waals surface area contributed by atoms with Gasteiger partial charge in [-0.25, -0.2) is 0 Å². The van der Waals surface area contributed by atoms with E-state index >= 15 is 0 Å². The van der Waals surface area contributed by atoms with Gasteiger partial charge in [0, 0.05) is 18.7 Å². The molecule has 0 amide bonds. The molecular weight excluding hydrogens is 262 g/mol. The van der Waals surface area contributed by atoms with E-state index in [0.29, 0.717) is 6.54 Å². The molecule has 0 saturated carbocycles. The predicted octanol–water partition coefficient (Wildman–Crippen LogP) is 2.90. The summed E-state index contributed by atoms with van der Waals surface area (Å²) in [6.45, 7) is 1.50. The molecule has 0 saturated heterocycles. The number of nitrogens with zero attached hydrogens (tertiary/aromatic N) is 1. The first-order valence-corrected chi connectivity index (χ1v) is 7.24. The number of para-hydroxylation sites is 1. The van der Waals surface area contributed by atoms with Crippen molar-refractivity contribution in [3.8, 4) is 5.75 Å². The molecular formula is C18H23NO2. The van der Waals surface area contributed by atoms with Gasteiger partial charge in [0.25, 0.3) is 0 Å². The Hall–Kier alpha value is -1.84. The van der Waals surface area contributed by atoms with E-state index in [1.807, 2.05) is 37.4 Å². The van der Waals surface area contributed by atoms with Gasteiger partial charge < -0.3 is 14.7 Å². The summed E-state index contributed by atoms with van der Waals surface area (Å²) >= 11 is 0. The van der Waals surface area contributed by atoms with Gasteiger partial charge in [0.05, 0.1) is 13.2 Å². The minimum Gasteiger partial charge on any atom is -0.496 e. The number of rotatable bonds is 7. The van der Waals surface area contributed by atoms with Crippen molar-refractivity contribution in [3.05, 3.63) is 65.7 Å². The number of hydrogen-bond donors (Lipinski definition) is 1. The maximum Gasteiger partial charge on any atom is 0.124 e. The van der Waals surface area contributed by atoms with Crippen molar-refractivity contribution in [1.82, 2.24) is 4.90 Å². The van der Waals surface area contributed by atoms with Crippen molar-refractivity contribution in [2.24, 2.45) is 0 Å². The Kier molecular flexibility index (Phi) is 5.78. The summed E-state index contributed by atoms with van der Waals surface area (Å²) in [5, 5.41) is 10.4. The van der Waals surface area contributed by atoms with Crippen molar-refractivity contribution < 1.29 is 9.84 Å². The minimum absolute atomic E-state index is 0.540. The Labute approximate surface area is 126 Å². The summed E-state index contributed by atoms with van der Waals surface area (Å²) in [7, 11) is 3.66. The van der Waals surface area contributed by atoms with Crippen LogP contribution in [0.4, 0.5) is 0 Å². The molecule has 0 heterocycles. The monoisotopic (exact) mass is 285 g/mol. The van der Waals surface area contributed by atoms with E-state index in [1.165, 1.54) is 5.56 Å². The molecule has 1 unspecified atom stereocenters. The molecule has 3 heteroatoms. The highest BCUT2D eigenvalue weighted by Gasteiger charge is 2.14. The van der Waals surface area contributed by atoms with Crippen molar-refractivity contribution in [1.29, 1.82) is 0 Å². The molecule has 0 aliphatic heterocycles. The van der Waals surface area contributed by atoms with Crippen LogP contribution in [0.1, 0.15) is 17.2 Å². The van der Waals surface area contributed by atoms with E-state index in [-0.39, 0.29) is 0 Å². The second-order valence-electron chi connectivity index (χ2n) is 5.26. The minimum atomic E-state index is -0.540. The van der Waals surface area contributed by atoms with Gasteiger partial charge in [-0.1, -0.05) is 48.5 Å². The lowest BCUT2D eigenvalue weighted by atomic mass is 10.1. The highest BCUT2D eigenvalue weighted by Crippen LogP contribution is 2.25. The third kappa shape index (κ3) is 4.59. The van der Waals surface area contributed by atoms with Crippen LogP contribution in [-0.2, 0) is 6.42 Å². The van der Waals surface area contributed by atoms with Gasteiger partial charge in [0.2, 0.25) is 0 Å². The number of ether oxygens (including phenoxy) is 1. The first-order valence-electron chi connectivity index (χ1n) is 7.24. The average Bonchev–Trinajstić information content (AvgIpc) is 2.53. The zero-order valence-electron chi connectivity index (χ0n) is 12.7. The Morgan fingerprint density at radius 3 is 2.43 bits per heavy atom. The van der Waals surface area contributed by atoms with E-state index in [2.05, 4.69) is 29.2 Å². The fraction of sp³-hybridized carbons (Fsp3) is 0.333. The summed E-state index contributed by atoms with van der Waals surface area (Å²) in [5.41, 5.74) is 2.16. The predicted molar refractivity (Wildman–Crippen MR) is 85.6 cm³/mol. The lowest BCUT2D eigenvalue weighted by Crippen LogP contribution is -2.27. The van der Waals surface area contributed by atoms with E-state index in [1.54, 1.807) is 7.11 Å². The van der Waals surface area contributed by atoms with E-state index < -0.39 is 6.10 Å². The molecule has 1 atom stereocenters.